The van der Waals surface area contributed by atoms with Crippen molar-refractivity contribution in [3.63, 3.8) is 0 Å². The van der Waals surface area contributed by atoms with Gasteiger partial charge < -0.3 is 9.47 Å². The van der Waals surface area contributed by atoms with E-state index in [2.05, 4.69) is 6.58 Å². The van der Waals surface area contributed by atoms with Crippen molar-refractivity contribution < 1.29 is 14.3 Å². The Bertz CT molecular complexity index is 1360. The van der Waals surface area contributed by atoms with Crippen molar-refractivity contribution in [2.24, 2.45) is 0 Å². The number of nitrogens with zero attached hydrogens (tertiary/aromatic N) is 3. The zero-order valence-corrected chi connectivity index (χ0v) is 17.5. The van der Waals surface area contributed by atoms with E-state index in [1.165, 1.54) is 7.11 Å². The number of hydrogen-bond donors (Lipinski definition) is 0. The molecule has 5 rings (SSSR count). The Labute approximate surface area is 179 Å². The second-order valence-corrected chi connectivity index (χ2v) is 7.63. The second kappa shape index (κ2) is 7.09. The predicted molar refractivity (Wildman–Crippen MR) is 118 cm³/mol. The summed E-state index contributed by atoms with van der Waals surface area (Å²) in [6.45, 7) is 7.99. The number of ether oxygens (including phenoxy) is 2. The summed E-state index contributed by atoms with van der Waals surface area (Å²) < 4.78 is 13.1. The van der Waals surface area contributed by atoms with Crippen LogP contribution in [0.15, 0.2) is 66.7 Å². The maximum absolute atomic E-state index is 12.5. The summed E-state index contributed by atoms with van der Waals surface area (Å²) >= 11 is 0. The molecule has 154 valence electrons. The number of esters is 1. The average Bonchev–Trinajstić information content (AvgIpc) is 3.12. The lowest BCUT2D eigenvalue weighted by atomic mass is 9.84. The number of benzene rings is 2. The number of rotatable bonds is 3. The van der Waals surface area contributed by atoms with Crippen molar-refractivity contribution in [3.8, 4) is 17.4 Å². The van der Waals surface area contributed by atoms with Gasteiger partial charge in [-0.1, -0.05) is 43.0 Å². The summed E-state index contributed by atoms with van der Waals surface area (Å²) in [5.41, 5.74) is 5.40. The summed E-state index contributed by atoms with van der Waals surface area (Å²) in [4.78, 5) is 17.3. The lowest BCUT2D eigenvalue weighted by Crippen LogP contribution is -2.19. The highest BCUT2D eigenvalue weighted by Crippen LogP contribution is 2.49. The third kappa shape index (κ3) is 2.91. The summed E-state index contributed by atoms with van der Waals surface area (Å²) in [6.07, 6.45) is 0. The lowest BCUT2D eigenvalue weighted by Gasteiger charge is -2.27. The van der Waals surface area contributed by atoms with Crippen molar-refractivity contribution >= 4 is 16.9 Å². The minimum atomic E-state index is -0.472. The van der Waals surface area contributed by atoms with E-state index in [0.717, 1.165) is 39.0 Å². The molecule has 0 bridgehead atoms. The number of carbonyl (C=O) groups is 1. The van der Waals surface area contributed by atoms with Gasteiger partial charge in [0.15, 0.2) is 0 Å². The van der Waals surface area contributed by atoms with E-state index < -0.39 is 11.9 Å². The lowest BCUT2D eigenvalue weighted by molar-refractivity contribution is -0.136. The van der Waals surface area contributed by atoms with Gasteiger partial charge in [-0.3, -0.25) is 0 Å². The van der Waals surface area contributed by atoms with Crippen molar-refractivity contribution in [2.75, 3.05) is 7.11 Å². The summed E-state index contributed by atoms with van der Waals surface area (Å²) in [5, 5.41) is 5.69. The SMILES string of the molecule is C=C(C(=O)OC)[C@H]1c2cc3cccc(C)c3nc2Oc2c1c(C)nn2-c1ccccc1. The van der Waals surface area contributed by atoms with Crippen molar-refractivity contribution in [2.45, 2.75) is 19.8 Å². The van der Waals surface area contributed by atoms with Crippen LogP contribution >= 0.6 is 0 Å². The van der Waals surface area contributed by atoms with Crippen LogP contribution in [-0.4, -0.2) is 27.8 Å². The first-order chi connectivity index (χ1) is 15.0. The summed E-state index contributed by atoms with van der Waals surface area (Å²) in [7, 11) is 1.36. The maximum atomic E-state index is 12.5. The highest BCUT2D eigenvalue weighted by Gasteiger charge is 2.38. The molecule has 0 saturated heterocycles. The van der Waals surface area contributed by atoms with Crippen LogP contribution in [-0.2, 0) is 9.53 Å². The molecular formula is C25H21N3O3. The number of aryl methyl sites for hydroxylation is 2. The molecule has 0 unspecified atom stereocenters. The summed E-state index contributed by atoms with van der Waals surface area (Å²) in [5.74, 6) is 0.0363. The van der Waals surface area contributed by atoms with E-state index in [0.29, 0.717) is 17.3 Å². The van der Waals surface area contributed by atoms with E-state index in [1.54, 1.807) is 4.68 Å². The Morgan fingerprint density at radius 3 is 2.65 bits per heavy atom. The molecule has 1 aliphatic heterocycles. The normalized spacial score (nSPS) is 14.5. The summed E-state index contributed by atoms with van der Waals surface area (Å²) in [6, 6.07) is 17.8. The Morgan fingerprint density at radius 1 is 1.13 bits per heavy atom. The highest BCUT2D eigenvalue weighted by atomic mass is 16.5. The molecule has 0 amide bonds. The third-order valence-corrected chi connectivity index (χ3v) is 5.69. The number of aromatic nitrogens is 3. The molecular weight excluding hydrogens is 390 g/mol. The molecule has 31 heavy (non-hydrogen) atoms. The van der Waals surface area contributed by atoms with Crippen LogP contribution in [0.5, 0.6) is 11.8 Å². The zero-order valence-electron chi connectivity index (χ0n) is 17.5. The predicted octanol–water partition coefficient (Wildman–Crippen LogP) is 5.00. The number of pyridine rings is 1. The fourth-order valence-corrected chi connectivity index (χ4v) is 4.19. The van der Waals surface area contributed by atoms with Crippen LogP contribution in [0.1, 0.15) is 28.3 Å². The monoisotopic (exact) mass is 411 g/mol. The number of carbonyl (C=O) groups excluding carboxylic acids is 1. The van der Waals surface area contributed by atoms with E-state index >= 15 is 0 Å². The first kappa shape index (κ1) is 19.1. The minimum absolute atomic E-state index is 0.317. The van der Waals surface area contributed by atoms with Gasteiger partial charge in [0.2, 0.25) is 11.8 Å². The molecule has 3 heterocycles. The Morgan fingerprint density at radius 2 is 1.90 bits per heavy atom. The quantitative estimate of drug-likeness (QED) is 0.350. The fourth-order valence-electron chi connectivity index (χ4n) is 4.19. The minimum Gasteiger partial charge on any atom is -0.466 e. The van der Waals surface area contributed by atoms with Gasteiger partial charge in [-0.2, -0.15) is 5.10 Å². The average molecular weight is 411 g/mol. The number of methoxy groups -OCH3 is 1. The molecule has 0 aliphatic carbocycles. The van der Waals surface area contributed by atoms with Gasteiger partial charge in [-0.25, -0.2) is 14.5 Å². The molecule has 6 nitrogen and oxygen atoms in total. The van der Waals surface area contributed by atoms with Gasteiger partial charge in [-0.15, -0.1) is 0 Å². The molecule has 0 fully saturated rings. The van der Waals surface area contributed by atoms with Crippen LogP contribution in [0.25, 0.3) is 16.6 Å². The number of para-hydroxylation sites is 2. The van der Waals surface area contributed by atoms with Gasteiger partial charge in [0, 0.05) is 16.5 Å². The van der Waals surface area contributed by atoms with E-state index in [-0.39, 0.29) is 0 Å². The Hall–Kier alpha value is -3.93. The van der Waals surface area contributed by atoms with E-state index in [1.807, 2.05) is 68.4 Å². The van der Waals surface area contributed by atoms with E-state index in [9.17, 15) is 4.79 Å². The molecule has 2 aromatic heterocycles. The van der Waals surface area contributed by atoms with Gasteiger partial charge in [-0.05, 0) is 37.6 Å². The topological polar surface area (TPSA) is 66.2 Å². The van der Waals surface area contributed by atoms with Crippen LogP contribution < -0.4 is 4.74 Å². The molecule has 0 spiro atoms. The van der Waals surface area contributed by atoms with Crippen LogP contribution in [0, 0.1) is 13.8 Å². The van der Waals surface area contributed by atoms with Crippen molar-refractivity contribution in [3.05, 3.63) is 89.1 Å². The molecule has 2 aromatic carbocycles. The van der Waals surface area contributed by atoms with E-state index in [4.69, 9.17) is 19.6 Å². The molecule has 0 saturated carbocycles. The number of hydrogen-bond acceptors (Lipinski definition) is 5. The van der Waals surface area contributed by atoms with Gasteiger partial charge in [0.05, 0.1) is 35.5 Å². The van der Waals surface area contributed by atoms with Crippen molar-refractivity contribution in [1.82, 2.24) is 14.8 Å². The standard InChI is InChI=1S/C25H21N3O3/c1-14-9-8-10-17-13-19-20(15(2)25(29)30-4)21-16(3)27-28(18-11-6-5-7-12-18)24(21)31-23(19)26-22(14)17/h5-13,20H,2H2,1,3-4H3/t20-/m0/s1. The smallest absolute Gasteiger partial charge is 0.334 e. The number of fused-ring (bicyclic) bond motifs is 3. The Balaban J connectivity index is 1.79. The van der Waals surface area contributed by atoms with Crippen LogP contribution in [0.4, 0.5) is 0 Å². The van der Waals surface area contributed by atoms with Crippen LogP contribution in [0.3, 0.4) is 0 Å². The fraction of sp³-hybridized carbons (Fsp3) is 0.160. The first-order valence-electron chi connectivity index (χ1n) is 9.99. The second-order valence-electron chi connectivity index (χ2n) is 7.63. The van der Waals surface area contributed by atoms with Crippen molar-refractivity contribution in [1.29, 1.82) is 0 Å². The Kier molecular flexibility index (Phi) is 4.36. The van der Waals surface area contributed by atoms with Crippen LogP contribution in [0.2, 0.25) is 0 Å². The zero-order chi connectivity index (χ0) is 21.7. The molecule has 4 aromatic rings. The molecule has 1 aliphatic rings. The maximum Gasteiger partial charge on any atom is 0.334 e. The van der Waals surface area contributed by atoms with Gasteiger partial charge in [0.25, 0.3) is 0 Å². The largest absolute Gasteiger partial charge is 0.466 e. The third-order valence-electron chi connectivity index (χ3n) is 5.69. The highest BCUT2D eigenvalue weighted by molar-refractivity contribution is 5.92. The van der Waals surface area contributed by atoms with Gasteiger partial charge >= 0.3 is 5.97 Å². The molecule has 0 N–H and O–H groups in total. The molecule has 1 atom stereocenters. The van der Waals surface area contributed by atoms with Gasteiger partial charge in [0.1, 0.15) is 0 Å². The first-order valence-corrected chi connectivity index (χ1v) is 9.99. The molecule has 6 heteroatoms. The molecule has 0 radical (unpaired) electrons.